The summed E-state index contributed by atoms with van der Waals surface area (Å²) in [5.74, 6) is -0.751. The normalized spacial score (nSPS) is 20.6. The van der Waals surface area contributed by atoms with Gasteiger partial charge in [0.05, 0.1) is 0 Å². The standard InChI is InChI=1S/C14H18BrNO2/c1-9(14(17)18)16(2)13-6-4-10-7-12(15)5-3-11(10)8-13/h3,5,7,9,13H,4,6,8H2,1-2H3,(H,17,18). The summed E-state index contributed by atoms with van der Waals surface area (Å²) in [6.07, 6.45) is 2.99. The summed E-state index contributed by atoms with van der Waals surface area (Å²) in [5, 5.41) is 9.07. The zero-order chi connectivity index (χ0) is 13.3. The Labute approximate surface area is 116 Å². The van der Waals surface area contributed by atoms with E-state index < -0.39 is 12.0 Å². The van der Waals surface area contributed by atoms with Gasteiger partial charge in [-0.25, -0.2) is 0 Å². The molecule has 2 atom stereocenters. The van der Waals surface area contributed by atoms with E-state index >= 15 is 0 Å². The topological polar surface area (TPSA) is 40.5 Å². The third kappa shape index (κ3) is 2.75. The van der Waals surface area contributed by atoms with Gasteiger partial charge in [-0.15, -0.1) is 0 Å². The molecule has 0 bridgehead atoms. The summed E-state index contributed by atoms with van der Waals surface area (Å²) in [6, 6.07) is 6.27. The molecule has 0 amide bonds. The molecule has 1 aliphatic rings. The Hall–Kier alpha value is -0.870. The monoisotopic (exact) mass is 311 g/mol. The van der Waals surface area contributed by atoms with Gasteiger partial charge in [0.25, 0.3) is 0 Å². The highest BCUT2D eigenvalue weighted by atomic mass is 79.9. The molecule has 2 rings (SSSR count). The Morgan fingerprint density at radius 1 is 1.50 bits per heavy atom. The molecule has 1 aromatic carbocycles. The van der Waals surface area contributed by atoms with Gasteiger partial charge >= 0.3 is 5.97 Å². The average Bonchev–Trinajstić information content (AvgIpc) is 2.36. The van der Waals surface area contributed by atoms with Crippen molar-refractivity contribution >= 4 is 21.9 Å². The predicted molar refractivity (Wildman–Crippen MR) is 74.8 cm³/mol. The first-order chi connectivity index (χ1) is 8.49. The van der Waals surface area contributed by atoms with Crippen molar-refractivity contribution in [1.29, 1.82) is 0 Å². The summed E-state index contributed by atoms with van der Waals surface area (Å²) >= 11 is 3.49. The Morgan fingerprint density at radius 2 is 2.22 bits per heavy atom. The fraction of sp³-hybridized carbons (Fsp3) is 0.500. The van der Waals surface area contributed by atoms with E-state index in [1.54, 1.807) is 6.92 Å². The van der Waals surface area contributed by atoms with Crippen LogP contribution in [0.25, 0.3) is 0 Å². The fourth-order valence-corrected chi connectivity index (χ4v) is 2.95. The Balaban J connectivity index is 2.12. The summed E-state index contributed by atoms with van der Waals surface area (Å²) in [6.45, 7) is 1.75. The second kappa shape index (κ2) is 5.41. The lowest BCUT2D eigenvalue weighted by atomic mass is 9.87. The van der Waals surface area contributed by atoms with E-state index in [2.05, 4.69) is 34.1 Å². The molecule has 0 fully saturated rings. The molecule has 1 aromatic rings. The minimum Gasteiger partial charge on any atom is -0.480 e. The van der Waals surface area contributed by atoms with E-state index in [-0.39, 0.29) is 0 Å². The molecule has 0 aromatic heterocycles. The molecule has 2 unspecified atom stereocenters. The van der Waals surface area contributed by atoms with Crippen LogP contribution >= 0.6 is 15.9 Å². The number of fused-ring (bicyclic) bond motifs is 1. The number of rotatable bonds is 3. The number of hydrogen-bond donors (Lipinski definition) is 1. The molecular formula is C14H18BrNO2. The number of halogens is 1. The molecule has 0 heterocycles. The smallest absolute Gasteiger partial charge is 0.320 e. The Kier molecular flexibility index (Phi) is 4.07. The van der Waals surface area contributed by atoms with Crippen molar-refractivity contribution in [3.05, 3.63) is 33.8 Å². The largest absolute Gasteiger partial charge is 0.480 e. The average molecular weight is 312 g/mol. The molecule has 0 saturated heterocycles. The number of likely N-dealkylation sites (N-methyl/N-ethyl adjacent to an activating group) is 1. The van der Waals surface area contributed by atoms with Crippen molar-refractivity contribution in [2.75, 3.05) is 7.05 Å². The number of benzene rings is 1. The lowest BCUT2D eigenvalue weighted by Crippen LogP contribution is -2.45. The summed E-state index contributed by atoms with van der Waals surface area (Å²) < 4.78 is 1.12. The van der Waals surface area contributed by atoms with Gasteiger partial charge in [0.2, 0.25) is 0 Å². The minimum atomic E-state index is -0.751. The van der Waals surface area contributed by atoms with Crippen LogP contribution in [-0.2, 0) is 17.6 Å². The number of aliphatic carboxylic acids is 1. The van der Waals surface area contributed by atoms with Crippen LogP contribution in [0, 0.1) is 0 Å². The van der Waals surface area contributed by atoms with Gasteiger partial charge in [0.15, 0.2) is 0 Å². The van der Waals surface area contributed by atoms with Crippen LogP contribution in [0.1, 0.15) is 24.5 Å². The van der Waals surface area contributed by atoms with Gasteiger partial charge in [-0.3, -0.25) is 9.69 Å². The first kappa shape index (κ1) is 13.6. The van der Waals surface area contributed by atoms with Crippen LogP contribution in [0.15, 0.2) is 22.7 Å². The highest BCUT2D eigenvalue weighted by Gasteiger charge is 2.27. The van der Waals surface area contributed by atoms with E-state index in [9.17, 15) is 4.79 Å². The number of nitrogens with zero attached hydrogens (tertiary/aromatic N) is 1. The predicted octanol–water partition coefficient (Wildman–Crippen LogP) is 2.71. The molecule has 18 heavy (non-hydrogen) atoms. The molecule has 0 aliphatic heterocycles. The number of aryl methyl sites for hydroxylation is 1. The highest BCUT2D eigenvalue weighted by Crippen LogP contribution is 2.27. The van der Waals surface area contributed by atoms with Crippen LogP contribution in [0.3, 0.4) is 0 Å². The summed E-state index contributed by atoms with van der Waals surface area (Å²) in [7, 11) is 1.91. The highest BCUT2D eigenvalue weighted by molar-refractivity contribution is 9.10. The van der Waals surface area contributed by atoms with Crippen molar-refractivity contribution < 1.29 is 9.90 Å². The van der Waals surface area contributed by atoms with Crippen LogP contribution < -0.4 is 0 Å². The summed E-state index contributed by atoms with van der Waals surface area (Å²) in [4.78, 5) is 13.0. The van der Waals surface area contributed by atoms with Gasteiger partial charge in [0, 0.05) is 10.5 Å². The molecule has 98 valence electrons. The number of carboxylic acid groups (broad SMARTS) is 1. The van der Waals surface area contributed by atoms with Crippen LogP contribution in [0.2, 0.25) is 0 Å². The van der Waals surface area contributed by atoms with Crippen molar-refractivity contribution in [2.24, 2.45) is 0 Å². The molecule has 0 saturated carbocycles. The molecule has 3 nitrogen and oxygen atoms in total. The molecule has 1 aliphatic carbocycles. The van der Waals surface area contributed by atoms with Crippen LogP contribution in [0.4, 0.5) is 0 Å². The van der Waals surface area contributed by atoms with E-state index in [4.69, 9.17) is 5.11 Å². The number of carboxylic acids is 1. The third-order valence-electron chi connectivity index (χ3n) is 3.92. The second-order valence-electron chi connectivity index (χ2n) is 4.99. The Bertz CT molecular complexity index is 461. The second-order valence-corrected chi connectivity index (χ2v) is 5.91. The van der Waals surface area contributed by atoms with E-state index in [0.717, 1.165) is 23.7 Å². The molecule has 1 N–H and O–H groups in total. The van der Waals surface area contributed by atoms with Gasteiger partial charge in [0.1, 0.15) is 6.04 Å². The van der Waals surface area contributed by atoms with Crippen LogP contribution in [0.5, 0.6) is 0 Å². The SMILES string of the molecule is CC(C(=O)O)N(C)C1CCc2cc(Br)ccc2C1. The van der Waals surface area contributed by atoms with E-state index in [1.165, 1.54) is 11.1 Å². The van der Waals surface area contributed by atoms with Gasteiger partial charge in [-0.05, 0) is 56.5 Å². The minimum absolute atomic E-state index is 0.324. The lowest BCUT2D eigenvalue weighted by Gasteiger charge is -2.34. The lowest BCUT2D eigenvalue weighted by molar-refractivity contribution is -0.143. The first-order valence-electron chi connectivity index (χ1n) is 6.21. The van der Waals surface area contributed by atoms with Gasteiger partial charge < -0.3 is 5.11 Å². The zero-order valence-electron chi connectivity index (χ0n) is 10.7. The van der Waals surface area contributed by atoms with Crippen LogP contribution in [-0.4, -0.2) is 35.1 Å². The maximum atomic E-state index is 11.0. The first-order valence-corrected chi connectivity index (χ1v) is 7.00. The molecule has 0 radical (unpaired) electrons. The van der Waals surface area contributed by atoms with Gasteiger partial charge in [-0.2, -0.15) is 0 Å². The summed E-state index contributed by atoms with van der Waals surface area (Å²) in [5.41, 5.74) is 2.73. The van der Waals surface area contributed by atoms with Crippen molar-refractivity contribution in [3.8, 4) is 0 Å². The van der Waals surface area contributed by atoms with E-state index in [1.807, 2.05) is 11.9 Å². The molecular weight excluding hydrogens is 294 g/mol. The van der Waals surface area contributed by atoms with Crippen molar-refractivity contribution in [2.45, 2.75) is 38.3 Å². The maximum absolute atomic E-state index is 11.0. The van der Waals surface area contributed by atoms with Gasteiger partial charge in [-0.1, -0.05) is 22.0 Å². The Morgan fingerprint density at radius 3 is 2.89 bits per heavy atom. The maximum Gasteiger partial charge on any atom is 0.320 e. The van der Waals surface area contributed by atoms with Crippen molar-refractivity contribution in [3.63, 3.8) is 0 Å². The third-order valence-corrected chi connectivity index (χ3v) is 4.41. The zero-order valence-corrected chi connectivity index (χ0v) is 12.3. The fourth-order valence-electron chi connectivity index (χ4n) is 2.54. The number of carbonyl (C=O) groups is 1. The molecule has 4 heteroatoms. The molecule has 0 spiro atoms. The van der Waals surface area contributed by atoms with Crippen molar-refractivity contribution in [1.82, 2.24) is 4.90 Å². The number of hydrogen-bond acceptors (Lipinski definition) is 2. The van der Waals surface area contributed by atoms with E-state index in [0.29, 0.717) is 6.04 Å². The quantitative estimate of drug-likeness (QED) is 0.933.